The van der Waals surface area contributed by atoms with Crippen LogP contribution in [0.1, 0.15) is 18.1 Å². The molecule has 1 aliphatic heterocycles. The van der Waals surface area contributed by atoms with Gasteiger partial charge in [-0.1, -0.05) is 29.3 Å². The number of carbonyl (C=O) groups is 1. The maximum absolute atomic E-state index is 9.48. The third kappa shape index (κ3) is 5.96. The number of urea groups is 1. The number of halogens is 2. The molecule has 1 aromatic carbocycles. The molecule has 1 aliphatic rings. The fraction of sp³-hybridized carbons (Fsp3) is 0.462. The van der Waals surface area contributed by atoms with Crippen LogP contribution in [-0.2, 0) is 4.74 Å². The highest BCUT2D eigenvalue weighted by atomic mass is 35.5. The van der Waals surface area contributed by atoms with Crippen molar-refractivity contribution in [3.8, 4) is 0 Å². The second-order valence-corrected chi connectivity index (χ2v) is 5.00. The summed E-state index contributed by atoms with van der Waals surface area (Å²) < 4.78 is 5.72. The standard InChI is InChI=1S/C11H13Cl2NO.C2H6N2O/c12-9-2-1-8(7-10(9)13)11-3-4-14-5-6-15-11;1-4-2(3)5/h1-2,7,11,14H,3-6H2;1H3,(H3,3,4,5). The van der Waals surface area contributed by atoms with E-state index in [1.54, 1.807) is 0 Å². The van der Waals surface area contributed by atoms with Gasteiger partial charge in [0.15, 0.2) is 0 Å². The van der Waals surface area contributed by atoms with Gasteiger partial charge in [-0.15, -0.1) is 0 Å². The molecular weight excluding hydrogens is 301 g/mol. The largest absolute Gasteiger partial charge is 0.372 e. The van der Waals surface area contributed by atoms with Crippen LogP contribution in [0.2, 0.25) is 10.0 Å². The molecule has 2 amide bonds. The molecule has 0 aromatic heterocycles. The normalized spacial score (nSPS) is 18.4. The first-order chi connectivity index (χ1) is 9.54. The number of primary amides is 1. The number of hydrogen-bond donors (Lipinski definition) is 3. The lowest BCUT2D eigenvalue weighted by Crippen LogP contribution is -2.24. The lowest BCUT2D eigenvalue weighted by Gasteiger charge is -2.15. The molecule has 1 fully saturated rings. The Hall–Kier alpha value is -1.01. The zero-order chi connectivity index (χ0) is 15.0. The van der Waals surface area contributed by atoms with Gasteiger partial charge in [0.05, 0.1) is 22.8 Å². The Morgan fingerprint density at radius 3 is 2.70 bits per heavy atom. The minimum absolute atomic E-state index is 0.134. The Labute approximate surface area is 128 Å². The van der Waals surface area contributed by atoms with Crippen LogP contribution in [0.15, 0.2) is 18.2 Å². The second-order valence-electron chi connectivity index (χ2n) is 4.19. The van der Waals surface area contributed by atoms with E-state index in [1.807, 2.05) is 18.2 Å². The number of ether oxygens (including phenoxy) is 1. The molecule has 0 saturated carbocycles. The summed E-state index contributed by atoms with van der Waals surface area (Å²) in [6.07, 6.45) is 1.10. The highest BCUT2D eigenvalue weighted by Gasteiger charge is 2.15. The minimum Gasteiger partial charge on any atom is -0.372 e. The first-order valence-corrected chi connectivity index (χ1v) is 7.04. The van der Waals surface area contributed by atoms with Crippen LogP contribution < -0.4 is 16.4 Å². The van der Waals surface area contributed by atoms with Gasteiger partial charge in [0.2, 0.25) is 0 Å². The van der Waals surface area contributed by atoms with Crippen molar-refractivity contribution in [2.45, 2.75) is 12.5 Å². The van der Waals surface area contributed by atoms with Crippen molar-refractivity contribution >= 4 is 29.2 Å². The predicted octanol–water partition coefficient (Wildman–Crippen LogP) is 2.33. The second kappa shape index (κ2) is 9.02. The van der Waals surface area contributed by atoms with Crippen molar-refractivity contribution in [2.24, 2.45) is 5.73 Å². The molecule has 5 nitrogen and oxygen atoms in total. The average Bonchev–Trinajstić information content (AvgIpc) is 2.71. The number of nitrogens with two attached hydrogens (primary N) is 1. The van der Waals surface area contributed by atoms with Gasteiger partial charge in [0.25, 0.3) is 0 Å². The Morgan fingerprint density at radius 1 is 1.40 bits per heavy atom. The molecule has 0 bridgehead atoms. The van der Waals surface area contributed by atoms with Crippen molar-refractivity contribution in [1.29, 1.82) is 0 Å². The summed E-state index contributed by atoms with van der Waals surface area (Å²) >= 11 is 11.8. The van der Waals surface area contributed by atoms with Gasteiger partial charge in [-0.2, -0.15) is 0 Å². The molecule has 1 aromatic rings. The maximum Gasteiger partial charge on any atom is 0.311 e. The highest BCUT2D eigenvalue weighted by Crippen LogP contribution is 2.28. The molecule has 1 saturated heterocycles. The van der Waals surface area contributed by atoms with E-state index in [0.717, 1.165) is 31.7 Å². The molecular formula is C13H19Cl2N3O2. The van der Waals surface area contributed by atoms with Crippen LogP contribution in [0.3, 0.4) is 0 Å². The zero-order valence-corrected chi connectivity index (χ0v) is 12.8. The molecule has 0 spiro atoms. The smallest absolute Gasteiger partial charge is 0.311 e. The summed E-state index contributed by atoms with van der Waals surface area (Å²) in [5.41, 5.74) is 5.65. The van der Waals surface area contributed by atoms with Crippen LogP contribution in [0.4, 0.5) is 4.79 Å². The van der Waals surface area contributed by atoms with Gasteiger partial charge in [0, 0.05) is 13.6 Å². The van der Waals surface area contributed by atoms with Crippen LogP contribution in [0.5, 0.6) is 0 Å². The minimum atomic E-state index is -0.495. The number of amides is 2. The predicted molar refractivity (Wildman–Crippen MR) is 81.3 cm³/mol. The molecule has 7 heteroatoms. The van der Waals surface area contributed by atoms with E-state index in [0.29, 0.717) is 10.0 Å². The summed E-state index contributed by atoms with van der Waals surface area (Å²) in [6, 6.07) is 5.19. The first-order valence-electron chi connectivity index (χ1n) is 6.29. The summed E-state index contributed by atoms with van der Waals surface area (Å²) in [6.45, 7) is 2.63. The zero-order valence-electron chi connectivity index (χ0n) is 11.3. The Bertz CT molecular complexity index is 436. The van der Waals surface area contributed by atoms with Crippen molar-refractivity contribution in [2.75, 3.05) is 26.7 Å². The molecule has 2 rings (SSSR count). The van der Waals surface area contributed by atoms with Crippen molar-refractivity contribution in [3.05, 3.63) is 33.8 Å². The van der Waals surface area contributed by atoms with Crippen molar-refractivity contribution in [3.63, 3.8) is 0 Å². The van der Waals surface area contributed by atoms with Gasteiger partial charge in [-0.25, -0.2) is 4.79 Å². The lowest BCUT2D eigenvalue weighted by atomic mass is 10.1. The highest BCUT2D eigenvalue weighted by molar-refractivity contribution is 6.42. The summed E-state index contributed by atoms with van der Waals surface area (Å²) in [5, 5.41) is 6.64. The third-order valence-corrected chi connectivity index (χ3v) is 3.48. The van der Waals surface area contributed by atoms with E-state index in [2.05, 4.69) is 16.4 Å². The molecule has 112 valence electrons. The summed E-state index contributed by atoms with van der Waals surface area (Å²) in [7, 11) is 1.47. The van der Waals surface area contributed by atoms with E-state index in [4.69, 9.17) is 27.9 Å². The lowest BCUT2D eigenvalue weighted by molar-refractivity contribution is 0.0644. The molecule has 1 heterocycles. The fourth-order valence-electron chi connectivity index (χ4n) is 1.69. The topological polar surface area (TPSA) is 76.4 Å². The van der Waals surface area contributed by atoms with E-state index < -0.39 is 6.03 Å². The number of rotatable bonds is 1. The molecule has 20 heavy (non-hydrogen) atoms. The number of hydrogen-bond acceptors (Lipinski definition) is 3. The van der Waals surface area contributed by atoms with Gasteiger partial charge in [0.1, 0.15) is 0 Å². The first kappa shape index (κ1) is 17.0. The average molecular weight is 320 g/mol. The summed E-state index contributed by atoms with van der Waals surface area (Å²) in [4.78, 5) is 9.48. The van der Waals surface area contributed by atoms with Gasteiger partial charge in [-0.3, -0.25) is 0 Å². The van der Waals surface area contributed by atoms with Crippen LogP contribution in [-0.4, -0.2) is 32.8 Å². The third-order valence-electron chi connectivity index (χ3n) is 2.74. The van der Waals surface area contributed by atoms with E-state index in [1.165, 1.54) is 7.05 Å². The molecule has 0 aliphatic carbocycles. The van der Waals surface area contributed by atoms with Gasteiger partial charge >= 0.3 is 6.03 Å². The summed E-state index contributed by atoms with van der Waals surface area (Å²) in [5.74, 6) is 0. The van der Waals surface area contributed by atoms with Gasteiger partial charge in [-0.05, 0) is 30.7 Å². The molecule has 0 radical (unpaired) electrons. The number of nitrogens with one attached hydrogen (secondary N) is 2. The molecule has 1 unspecified atom stereocenters. The Balaban J connectivity index is 0.000000347. The number of benzene rings is 1. The van der Waals surface area contributed by atoms with E-state index in [9.17, 15) is 4.79 Å². The Morgan fingerprint density at radius 2 is 2.10 bits per heavy atom. The van der Waals surface area contributed by atoms with Crippen molar-refractivity contribution < 1.29 is 9.53 Å². The monoisotopic (exact) mass is 319 g/mol. The maximum atomic E-state index is 9.48. The van der Waals surface area contributed by atoms with Crippen LogP contribution in [0, 0.1) is 0 Å². The SMILES string of the molecule is CNC(N)=O.Clc1ccc(C2CCNCCO2)cc1Cl. The number of carbonyl (C=O) groups excluding carboxylic acids is 1. The van der Waals surface area contributed by atoms with Crippen LogP contribution in [0.25, 0.3) is 0 Å². The molecule has 4 N–H and O–H groups in total. The Kier molecular flexibility index (Phi) is 7.69. The van der Waals surface area contributed by atoms with E-state index in [-0.39, 0.29) is 6.10 Å². The molecule has 1 atom stereocenters. The fourth-order valence-corrected chi connectivity index (χ4v) is 2.00. The quantitative estimate of drug-likeness (QED) is 0.743. The van der Waals surface area contributed by atoms with Crippen LogP contribution >= 0.6 is 23.2 Å². The van der Waals surface area contributed by atoms with Gasteiger partial charge < -0.3 is 21.1 Å². The van der Waals surface area contributed by atoms with E-state index >= 15 is 0 Å². The van der Waals surface area contributed by atoms with Crippen molar-refractivity contribution in [1.82, 2.24) is 10.6 Å².